The fourth-order valence-corrected chi connectivity index (χ4v) is 2.88. The van der Waals surface area contributed by atoms with Gasteiger partial charge in [0.1, 0.15) is 23.0 Å². The minimum absolute atomic E-state index is 0.112. The molecule has 0 radical (unpaired) electrons. The van der Waals surface area contributed by atoms with Crippen LogP contribution in [-0.2, 0) is 11.2 Å². The number of hydrogen-bond donors (Lipinski definition) is 1. The Kier molecular flexibility index (Phi) is 6.04. The molecule has 6 heteroatoms. The predicted molar refractivity (Wildman–Crippen MR) is 106 cm³/mol. The monoisotopic (exact) mass is 385 g/mol. The van der Waals surface area contributed by atoms with Gasteiger partial charge in [0.05, 0.1) is 19.2 Å². The number of amides is 1. The highest BCUT2D eigenvalue weighted by Gasteiger charge is 2.09. The Labute approximate surface area is 162 Å². The topological polar surface area (TPSA) is 60.7 Å². The lowest BCUT2D eigenvalue weighted by Crippen LogP contribution is -2.12. The van der Waals surface area contributed by atoms with Crippen molar-refractivity contribution >= 4 is 23.2 Å². The van der Waals surface area contributed by atoms with Gasteiger partial charge in [0.25, 0.3) is 0 Å². The van der Waals surface area contributed by atoms with Gasteiger partial charge in [0.15, 0.2) is 0 Å². The minimum Gasteiger partial charge on any atom is -0.497 e. The second kappa shape index (κ2) is 8.64. The van der Waals surface area contributed by atoms with Crippen LogP contribution in [-0.4, -0.2) is 20.1 Å². The fourth-order valence-electron chi connectivity index (χ4n) is 2.63. The van der Waals surface area contributed by atoms with Crippen LogP contribution >= 0.6 is 11.6 Å². The number of methoxy groups -OCH3 is 2. The summed E-state index contributed by atoms with van der Waals surface area (Å²) in [5.74, 6) is 2.76. The quantitative estimate of drug-likeness (QED) is 0.608. The molecule has 27 heavy (non-hydrogen) atoms. The fraction of sp³-hybridized carbons (Fsp3) is 0.190. The van der Waals surface area contributed by atoms with Gasteiger partial charge in [0.2, 0.25) is 5.91 Å². The van der Waals surface area contributed by atoms with E-state index in [9.17, 15) is 4.79 Å². The zero-order chi connectivity index (χ0) is 19.2. The largest absolute Gasteiger partial charge is 0.497 e. The number of hydrogen-bond acceptors (Lipinski definition) is 4. The zero-order valence-corrected chi connectivity index (χ0v) is 15.9. The Morgan fingerprint density at radius 1 is 1.04 bits per heavy atom. The normalized spacial score (nSPS) is 10.5. The Morgan fingerprint density at radius 2 is 1.81 bits per heavy atom. The third-order valence-corrected chi connectivity index (χ3v) is 4.37. The van der Waals surface area contributed by atoms with Crippen molar-refractivity contribution in [1.82, 2.24) is 0 Å². The van der Waals surface area contributed by atoms with E-state index in [4.69, 9.17) is 25.5 Å². The van der Waals surface area contributed by atoms with Gasteiger partial charge < -0.3 is 19.2 Å². The maximum Gasteiger partial charge on any atom is 0.224 e. The summed E-state index contributed by atoms with van der Waals surface area (Å²) in [4.78, 5) is 12.2. The molecule has 2 aromatic carbocycles. The zero-order valence-electron chi connectivity index (χ0n) is 15.1. The molecule has 1 aromatic heterocycles. The van der Waals surface area contributed by atoms with Crippen LogP contribution in [0.15, 0.2) is 59.0 Å². The van der Waals surface area contributed by atoms with Gasteiger partial charge >= 0.3 is 0 Å². The lowest BCUT2D eigenvalue weighted by atomic mass is 10.2. The van der Waals surface area contributed by atoms with Gasteiger partial charge in [-0.1, -0.05) is 11.6 Å². The van der Waals surface area contributed by atoms with Crippen molar-refractivity contribution in [1.29, 1.82) is 0 Å². The molecule has 140 valence electrons. The average molecular weight is 386 g/mol. The van der Waals surface area contributed by atoms with E-state index >= 15 is 0 Å². The lowest BCUT2D eigenvalue weighted by molar-refractivity contribution is -0.116. The standard InChI is InChI=1S/C21H20ClNO4/c1-25-16-6-3-14(4-7-16)19-11-8-17(27-19)9-12-21(24)23-15-5-10-20(26-2)18(22)13-15/h3-8,10-11,13H,9,12H2,1-2H3,(H,23,24). The Hall–Kier alpha value is -2.92. The van der Waals surface area contributed by atoms with E-state index in [0.717, 1.165) is 22.8 Å². The Morgan fingerprint density at radius 3 is 2.48 bits per heavy atom. The molecule has 0 fully saturated rings. The van der Waals surface area contributed by atoms with E-state index in [2.05, 4.69) is 5.32 Å². The molecule has 1 amide bonds. The molecular weight excluding hydrogens is 366 g/mol. The second-order valence-electron chi connectivity index (χ2n) is 5.89. The average Bonchev–Trinajstić information content (AvgIpc) is 3.16. The molecule has 3 aromatic rings. The van der Waals surface area contributed by atoms with Gasteiger partial charge in [-0.15, -0.1) is 0 Å². The van der Waals surface area contributed by atoms with Gasteiger partial charge in [0, 0.05) is 24.1 Å². The summed E-state index contributed by atoms with van der Waals surface area (Å²) in [7, 11) is 3.17. The Balaban J connectivity index is 1.56. The summed E-state index contributed by atoms with van der Waals surface area (Å²) in [6.07, 6.45) is 0.811. The number of ether oxygens (including phenoxy) is 2. The molecule has 3 rings (SSSR count). The van der Waals surface area contributed by atoms with Crippen molar-refractivity contribution in [3.8, 4) is 22.8 Å². The third-order valence-electron chi connectivity index (χ3n) is 4.07. The van der Waals surface area contributed by atoms with Crippen molar-refractivity contribution in [2.24, 2.45) is 0 Å². The smallest absolute Gasteiger partial charge is 0.224 e. The molecule has 0 atom stereocenters. The summed E-state index contributed by atoms with van der Waals surface area (Å²) < 4.78 is 16.1. The van der Waals surface area contributed by atoms with Gasteiger partial charge in [-0.2, -0.15) is 0 Å². The van der Waals surface area contributed by atoms with Crippen molar-refractivity contribution in [3.63, 3.8) is 0 Å². The number of rotatable bonds is 7. The molecule has 1 N–H and O–H groups in total. The highest BCUT2D eigenvalue weighted by Crippen LogP contribution is 2.28. The SMILES string of the molecule is COc1ccc(-c2ccc(CCC(=O)Nc3ccc(OC)c(Cl)c3)o2)cc1. The van der Waals surface area contributed by atoms with Crippen LogP contribution in [0, 0.1) is 0 Å². The van der Waals surface area contributed by atoms with Crippen molar-refractivity contribution in [2.75, 3.05) is 19.5 Å². The van der Waals surface area contributed by atoms with Crippen LogP contribution in [0.2, 0.25) is 5.02 Å². The molecule has 0 bridgehead atoms. The number of carbonyl (C=O) groups excluding carboxylic acids is 1. The number of benzene rings is 2. The molecule has 0 unspecified atom stereocenters. The van der Waals surface area contributed by atoms with E-state index < -0.39 is 0 Å². The number of carbonyl (C=O) groups is 1. The molecular formula is C21H20ClNO4. The van der Waals surface area contributed by atoms with Crippen LogP contribution in [0.5, 0.6) is 11.5 Å². The molecule has 0 aliphatic heterocycles. The van der Waals surface area contributed by atoms with Crippen LogP contribution < -0.4 is 14.8 Å². The molecule has 0 aliphatic rings. The maximum atomic E-state index is 12.2. The van der Waals surface area contributed by atoms with Gasteiger partial charge in [-0.25, -0.2) is 0 Å². The van der Waals surface area contributed by atoms with Crippen LogP contribution in [0.25, 0.3) is 11.3 Å². The number of nitrogens with one attached hydrogen (secondary N) is 1. The van der Waals surface area contributed by atoms with E-state index in [-0.39, 0.29) is 5.91 Å². The molecule has 0 saturated heterocycles. The molecule has 0 saturated carbocycles. The first-order valence-corrected chi connectivity index (χ1v) is 8.83. The van der Waals surface area contributed by atoms with Gasteiger partial charge in [-0.3, -0.25) is 4.79 Å². The molecule has 0 aliphatic carbocycles. The summed E-state index contributed by atoms with van der Waals surface area (Å²) in [6, 6.07) is 16.5. The minimum atomic E-state index is -0.112. The Bertz CT molecular complexity index is 918. The van der Waals surface area contributed by atoms with Gasteiger partial charge in [-0.05, 0) is 54.6 Å². The van der Waals surface area contributed by atoms with Crippen LogP contribution in [0.1, 0.15) is 12.2 Å². The lowest BCUT2D eigenvalue weighted by Gasteiger charge is -2.07. The second-order valence-corrected chi connectivity index (χ2v) is 6.30. The van der Waals surface area contributed by atoms with Crippen molar-refractivity contribution in [3.05, 3.63) is 65.4 Å². The molecule has 5 nitrogen and oxygen atoms in total. The van der Waals surface area contributed by atoms with Crippen molar-refractivity contribution < 1.29 is 18.7 Å². The number of anilines is 1. The number of aryl methyl sites for hydroxylation is 1. The maximum absolute atomic E-state index is 12.2. The number of furan rings is 1. The molecule has 1 heterocycles. The summed E-state index contributed by atoms with van der Waals surface area (Å²) in [5.41, 5.74) is 1.59. The van der Waals surface area contributed by atoms with Crippen molar-refractivity contribution in [2.45, 2.75) is 12.8 Å². The van der Waals surface area contributed by atoms with E-state index in [1.807, 2.05) is 36.4 Å². The highest BCUT2D eigenvalue weighted by atomic mass is 35.5. The summed E-state index contributed by atoms with van der Waals surface area (Å²) >= 11 is 6.07. The number of halogens is 1. The van der Waals surface area contributed by atoms with Crippen LogP contribution in [0.4, 0.5) is 5.69 Å². The van der Waals surface area contributed by atoms with E-state index in [0.29, 0.717) is 29.3 Å². The predicted octanol–water partition coefficient (Wildman–Crippen LogP) is 5.19. The highest BCUT2D eigenvalue weighted by molar-refractivity contribution is 6.32. The van der Waals surface area contributed by atoms with E-state index in [1.165, 1.54) is 0 Å². The van der Waals surface area contributed by atoms with Crippen LogP contribution in [0.3, 0.4) is 0 Å². The first-order chi connectivity index (χ1) is 13.1. The summed E-state index contributed by atoms with van der Waals surface area (Å²) in [6.45, 7) is 0. The first-order valence-electron chi connectivity index (χ1n) is 8.45. The molecule has 0 spiro atoms. The first kappa shape index (κ1) is 18.9. The van der Waals surface area contributed by atoms with E-state index in [1.54, 1.807) is 32.4 Å². The third kappa shape index (κ3) is 4.83. The summed E-state index contributed by atoms with van der Waals surface area (Å²) in [5, 5.41) is 3.27.